The zero-order valence-corrected chi connectivity index (χ0v) is 16.8. The molecule has 7 nitrogen and oxygen atoms in total. The lowest BCUT2D eigenvalue weighted by molar-refractivity contribution is 0.443. The molecule has 1 aliphatic rings. The highest BCUT2D eigenvalue weighted by Gasteiger charge is 2.36. The van der Waals surface area contributed by atoms with Crippen molar-refractivity contribution in [1.82, 2.24) is 30.3 Å². The monoisotopic (exact) mass is 422 g/mol. The average Bonchev–Trinajstić information content (AvgIpc) is 3.14. The lowest BCUT2D eigenvalue weighted by Crippen LogP contribution is -2.29. The second kappa shape index (κ2) is 7.66. The fourth-order valence-corrected chi connectivity index (χ4v) is 4.38. The number of nitrogens with one attached hydrogen (secondary N) is 2. The van der Waals surface area contributed by atoms with Gasteiger partial charge in [0.05, 0.1) is 17.0 Å². The second-order valence-corrected chi connectivity index (χ2v) is 7.65. The van der Waals surface area contributed by atoms with E-state index in [4.69, 9.17) is 0 Å². The minimum Gasteiger partial charge on any atom is -0.305 e. The molecule has 2 aromatic carbocycles. The Hall–Kier alpha value is -3.46. The third-order valence-electron chi connectivity index (χ3n) is 5.69. The molecule has 0 radical (unpaired) electrons. The molecule has 1 aliphatic heterocycles. The Balaban J connectivity index is 1.80. The van der Waals surface area contributed by atoms with Crippen LogP contribution in [0.5, 0.6) is 0 Å². The Kier molecular flexibility index (Phi) is 4.82. The van der Waals surface area contributed by atoms with Crippen LogP contribution in [0.4, 0.5) is 8.78 Å². The largest absolute Gasteiger partial charge is 0.305 e. The summed E-state index contributed by atoms with van der Waals surface area (Å²) < 4.78 is 29.7. The fraction of sp³-hybridized carbons (Fsp3) is 0.273. The summed E-state index contributed by atoms with van der Waals surface area (Å²) in [6.45, 7) is 3.01. The van der Waals surface area contributed by atoms with Gasteiger partial charge in [0.15, 0.2) is 0 Å². The number of benzene rings is 2. The van der Waals surface area contributed by atoms with Crippen LogP contribution in [0.15, 0.2) is 47.5 Å². The number of aromatic nitrogens is 5. The molecule has 0 fully saturated rings. The van der Waals surface area contributed by atoms with Gasteiger partial charge in [-0.1, -0.05) is 19.1 Å². The molecular formula is C22H20F2N6O. The Labute approximate surface area is 176 Å². The Bertz CT molecular complexity index is 1310. The lowest BCUT2D eigenvalue weighted by Gasteiger charge is -2.26. The molecule has 2 unspecified atom stereocenters. The van der Waals surface area contributed by atoms with Crippen molar-refractivity contribution >= 4 is 10.8 Å². The van der Waals surface area contributed by atoms with Crippen LogP contribution in [-0.4, -0.2) is 25.0 Å². The predicted octanol–water partition coefficient (Wildman–Crippen LogP) is 3.18. The molecule has 0 spiro atoms. The van der Waals surface area contributed by atoms with Crippen LogP contribution in [0.25, 0.3) is 10.8 Å². The summed E-state index contributed by atoms with van der Waals surface area (Å²) in [4.78, 5) is 17.0. The number of nitrogens with zero attached hydrogens (tertiary/aromatic N) is 4. The molecule has 3 heterocycles. The predicted molar refractivity (Wildman–Crippen MR) is 110 cm³/mol. The van der Waals surface area contributed by atoms with E-state index in [9.17, 15) is 13.6 Å². The van der Waals surface area contributed by atoms with E-state index in [1.165, 1.54) is 30.6 Å². The third-order valence-corrected chi connectivity index (χ3v) is 5.69. The van der Waals surface area contributed by atoms with Crippen molar-refractivity contribution in [2.45, 2.75) is 38.4 Å². The number of H-pyrrole nitrogens is 1. The van der Waals surface area contributed by atoms with E-state index >= 15 is 0 Å². The van der Waals surface area contributed by atoms with Gasteiger partial charge in [-0.25, -0.2) is 23.5 Å². The average molecular weight is 422 g/mol. The number of halogens is 2. The smallest absolute Gasteiger partial charge is 0.272 e. The first-order valence-electron chi connectivity index (χ1n) is 10.1. The van der Waals surface area contributed by atoms with Gasteiger partial charge in [0.1, 0.15) is 23.8 Å². The van der Waals surface area contributed by atoms with Crippen LogP contribution in [0.2, 0.25) is 0 Å². The maximum Gasteiger partial charge on any atom is 0.272 e. The summed E-state index contributed by atoms with van der Waals surface area (Å²) in [6, 6.07) is 8.52. The van der Waals surface area contributed by atoms with Gasteiger partial charge < -0.3 is 5.32 Å². The SMILES string of the molecule is CCCn1ncnc1C1c2n[nH]c(=O)c3cc(F)cc(c23)CNC1c1ccc(F)cc1. The van der Waals surface area contributed by atoms with Crippen molar-refractivity contribution in [2.24, 2.45) is 0 Å². The van der Waals surface area contributed by atoms with Gasteiger partial charge in [-0.3, -0.25) is 4.79 Å². The minimum atomic E-state index is -0.488. The summed E-state index contributed by atoms with van der Waals surface area (Å²) >= 11 is 0. The summed E-state index contributed by atoms with van der Waals surface area (Å²) in [6.07, 6.45) is 2.35. The molecule has 2 atom stereocenters. The van der Waals surface area contributed by atoms with Gasteiger partial charge in [0.2, 0.25) is 0 Å². The van der Waals surface area contributed by atoms with Gasteiger partial charge in [-0.05, 0) is 41.8 Å². The zero-order chi connectivity index (χ0) is 21.5. The van der Waals surface area contributed by atoms with Gasteiger partial charge in [-0.2, -0.15) is 10.2 Å². The summed E-state index contributed by atoms with van der Waals surface area (Å²) in [5, 5.41) is 15.6. The first kappa shape index (κ1) is 19.5. The molecular weight excluding hydrogens is 402 g/mol. The quantitative estimate of drug-likeness (QED) is 0.527. The molecule has 31 heavy (non-hydrogen) atoms. The molecule has 158 valence electrons. The maximum atomic E-state index is 14.3. The Morgan fingerprint density at radius 2 is 1.97 bits per heavy atom. The molecule has 0 saturated heterocycles. The maximum absolute atomic E-state index is 14.3. The van der Waals surface area contributed by atoms with Crippen molar-refractivity contribution < 1.29 is 8.78 Å². The number of hydrogen-bond acceptors (Lipinski definition) is 5. The first-order chi connectivity index (χ1) is 15.1. The van der Waals surface area contributed by atoms with Crippen LogP contribution in [-0.2, 0) is 13.1 Å². The van der Waals surface area contributed by atoms with Crippen LogP contribution in [0, 0.1) is 11.6 Å². The third kappa shape index (κ3) is 3.31. The lowest BCUT2D eigenvalue weighted by atomic mass is 9.88. The van der Waals surface area contributed by atoms with Crippen LogP contribution in [0.1, 0.15) is 47.9 Å². The molecule has 0 saturated carbocycles. The van der Waals surface area contributed by atoms with Crippen LogP contribution >= 0.6 is 0 Å². The van der Waals surface area contributed by atoms with Gasteiger partial charge in [0, 0.05) is 24.5 Å². The molecule has 0 bridgehead atoms. The second-order valence-electron chi connectivity index (χ2n) is 7.65. The van der Waals surface area contributed by atoms with Gasteiger partial charge in [-0.15, -0.1) is 0 Å². The molecule has 9 heteroatoms. The number of rotatable bonds is 4. The standard InChI is InChI=1S/C22H20F2N6O/c1-2-7-30-21(26-11-27-30)18-19(12-3-5-14(23)6-4-12)25-10-13-8-15(24)9-16-17(13)20(18)28-29-22(16)31/h3-6,8-9,11,18-19,25H,2,7,10H2,1H3,(H,29,31). The van der Waals surface area contributed by atoms with E-state index in [1.807, 2.05) is 11.6 Å². The van der Waals surface area contributed by atoms with E-state index in [-0.39, 0.29) is 17.2 Å². The molecule has 0 amide bonds. The topological polar surface area (TPSA) is 88.5 Å². The van der Waals surface area contributed by atoms with E-state index in [2.05, 4.69) is 25.6 Å². The highest BCUT2D eigenvalue weighted by atomic mass is 19.1. The number of hydrogen-bond donors (Lipinski definition) is 2. The van der Waals surface area contributed by atoms with Crippen LogP contribution in [0.3, 0.4) is 0 Å². The van der Waals surface area contributed by atoms with Crippen molar-refractivity contribution in [1.29, 1.82) is 0 Å². The molecule has 5 rings (SSSR count). The normalized spacial score (nSPS) is 18.3. The van der Waals surface area contributed by atoms with Crippen LogP contribution < -0.4 is 10.9 Å². The number of aromatic amines is 1. The highest BCUT2D eigenvalue weighted by molar-refractivity contribution is 5.88. The summed E-state index contributed by atoms with van der Waals surface area (Å²) in [5.74, 6) is -0.594. The highest BCUT2D eigenvalue weighted by Crippen LogP contribution is 2.41. The van der Waals surface area contributed by atoms with E-state index in [1.54, 1.807) is 12.1 Å². The van der Waals surface area contributed by atoms with E-state index in [0.717, 1.165) is 12.0 Å². The van der Waals surface area contributed by atoms with Gasteiger partial charge in [0.25, 0.3) is 5.56 Å². The van der Waals surface area contributed by atoms with Crippen molar-refractivity contribution in [3.63, 3.8) is 0 Å². The Morgan fingerprint density at radius 1 is 1.16 bits per heavy atom. The summed E-state index contributed by atoms with van der Waals surface area (Å²) in [7, 11) is 0. The van der Waals surface area contributed by atoms with E-state index in [0.29, 0.717) is 35.6 Å². The molecule has 0 aliphatic carbocycles. The minimum absolute atomic E-state index is 0.244. The molecule has 2 aromatic heterocycles. The van der Waals surface area contributed by atoms with Gasteiger partial charge >= 0.3 is 0 Å². The van der Waals surface area contributed by atoms with Crippen molar-refractivity contribution in [2.75, 3.05) is 0 Å². The number of aryl methyl sites for hydroxylation is 1. The fourth-order valence-electron chi connectivity index (χ4n) is 4.38. The summed E-state index contributed by atoms with van der Waals surface area (Å²) in [5.41, 5.74) is 1.59. The zero-order valence-electron chi connectivity index (χ0n) is 16.8. The van der Waals surface area contributed by atoms with E-state index < -0.39 is 17.3 Å². The van der Waals surface area contributed by atoms with Crippen molar-refractivity contribution in [3.8, 4) is 0 Å². The first-order valence-corrected chi connectivity index (χ1v) is 10.1. The molecule has 4 aromatic rings. The molecule has 2 N–H and O–H groups in total. The van der Waals surface area contributed by atoms with Crippen molar-refractivity contribution in [3.05, 3.63) is 87.4 Å². The Morgan fingerprint density at radius 3 is 2.74 bits per heavy atom.